The first-order valence-electron chi connectivity index (χ1n) is 7.21. The van der Waals surface area contributed by atoms with Crippen LogP contribution in [0.4, 0.5) is 0 Å². The summed E-state index contributed by atoms with van der Waals surface area (Å²) in [5, 5.41) is 3.06. The zero-order valence-electron chi connectivity index (χ0n) is 12.1. The van der Waals surface area contributed by atoms with E-state index in [-0.39, 0.29) is 11.8 Å². The topological polar surface area (TPSA) is 38.3 Å². The molecule has 1 aromatic rings. The van der Waals surface area contributed by atoms with E-state index in [2.05, 4.69) is 35.1 Å². The maximum Gasteiger partial charge on any atom is 0.227 e. The molecule has 110 valence electrons. The quantitative estimate of drug-likeness (QED) is 0.834. The number of nitrogens with one attached hydrogen (secondary N) is 1. The van der Waals surface area contributed by atoms with Crippen LogP contribution in [0.5, 0.6) is 5.75 Å². The number of fused-ring (bicyclic) bond motifs is 1. The van der Waals surface area contributed by atoms with Gasteiger partial charge in [0.2, 0.25) is 5.91 Å². The molecule has 2 unspecified atom stereocenters. The van der Waals surface area contributed by atoms with Gasteiger partial charge in [-0.2, -0.15) is 0 Å². The molecule has 0 saturated heterocycles. The van der Waals surface area contributed by atoms with E-state index in [4.69, 9.17) is 4.74 Å². The van der Waals surface area contributed by atoms with Crippen molar-refractivity contribution >= 4 is 21.8 Å². The van der Waals surface area contributed by atoms with Crippen molar-refractivity contribution in [3.05, 3.63) is 29.8 Å². The molecule has 2 atom stereocenters. The lowest BCUT2D eigenvalue weighted by molar-refractivity contribution is -0.123. The summed E-state index contributed by atoms with van der Waals surface area (Å²) >= 11 is 3.62. The van der Waals surface area contributed by atoms with Crippen molar-refractivity contribution in [1.29, 1.82) is 0 Å². The number of halogens is 1. The standard InChI is InChI=1S/C16H22BrNO2/c1-11(2)9-12(17)10-18-16(19)14-7-8-20-15-6-4-3-5-13(14)15/h3-6,11-12,14H,7-10H2,1-2H3,(H,18,19). The van der Waals surface area contributed by atoms with Gasteiger partial charge in [0.25, 0.3) is 0 Å². The minimum atomic E-state index is -0.0845. The Balaban J connectivity index is 1.94. The Morgan fingerprint density at radius 1 is 1.45 bits per heavy atom. The number of benzene rings is 1. The molecule has 1 N–H and O–H groups in total. The van der Waals surface area contributed by atoms with Crippen LogP contribution in [-0.4, -0.2) is 23.9 Å². The molecule has 0 spiro atoms. The Morgan fingerprint density at radius 2 is 2.20 bits per heavy atom. The van der Waals surface area contributed by atoms with Gasteiger partial charge >= 0.3 is 0 Å². The predicted molar refractivity (Wildman–Crippen MR) is 84.5 cm³/mol. The third-order valence-corrected chi connectivity index (χ3v) is 4.20. The van der Waals surface area contributed by atoms with E-state index in [1.165, 1.54) is 0 Å². The van der Waals surface area contributed by atoms with Crippen LogP contribution in [0, 0.1) is 5.92 Å². The normalized spacial score (nSPS) is 19.1. The summed E-state index contributed by atoms with van der Waals surface area (Å²) in [6.45, 7) is 5.66. The fourth-order valence-corrected chi connectivity index (χ4v) is 3.45. The maximum atomic E-state index is 12.4. The van der Waals surface area contributed by atoms with Gasteiger partial charge in [-0.15, -0.1) is 0 Å². The number of rotatable bonds is 5. The number of hydrogen-bond donors (Lipinski definition) is 1. The monoisotopic (exact) mass is 339 g/mol. The van der Waals surface area contributed by atoms with Gasteiger partial charge in [-0.25, -0.2) is 0 Å². The van der Waals surface area contributed by atoms with E-state index in [0.29, 0.717) is 23.9 Å². The van der Waals surface area contributed by atoms with Gasteiger partial charge < -0.3 is 10.1 Å². The lowest BCUT2D eigenvalue weighted by atomic mass is 9.92. The van der Waals surface area contributed by atoms with Crippen LogP contribution < -0.4 is 10.1 Å². The van der Waals surface area contributed by atoms with E-state index in [9.17, 15) is 4.79 Å². The Labute approximate surface area is 129 Å². The molecule has 1 amide bonds. The summed E-state index contributed by atoms with van der Waals surface area (Å²) in [5.41, 5.74) is 1.01. The predicted octanol–water partition coefficient (Wildman–Crippen LogP) is 3.48. The zero-order valence-corrected chi connectivity index (χ0v) is 13.7. The molecule has 3 nitrogen and oxygen atoms in total. The summed E-state index contributed by atoms with van der Waals surface area (Å²) in [7, 11) is 0. The van der Waals surface area contributed by atoms with Crippen molar-refractivity contribution in [2.24, 2.45) is 5.92 Å². The molecule has 1 aromatic carbocycles. The highest BCUT2D eigenvalue weighted by Gasteiger charge is 2.27. The zero-order chi connectivity index (χ0) is 14.5. The highest BCUT2D eigenvalue weighted by atomic mass is 79.9. The van der Waals surface area contributed by atoms with Crippen molar-refractivity contribution in [2.45, 2.75) is 37.4 Å². The largest absolute Gasteiger partial charge is 0.493 e. The molecule has 1 aliphatic heterocycles. The average Bonchev–Trinajstić information content (AvgIpc) is 2.43. The molecule has 4 heteroatoms. The molecule has 1 heterocycles. The number of alkyl halides is 1. The van der Waals surface area contributed by atoms with Crippen molar-refractivity contribution in [3.8, 4) is 5.75 Å². The third kappa shape index (κ3) is 3.98. The summed E-state index contributed by atoms with van der Waals surface area (Å²) < 4.78 is 5.59. The Bertz CT molecular complexity index is 462. The molecule has 20 heavy (non-hydrogen) atoms. The Kier molecular flexibility index (Phi) is 5.46. The average molecular weight is 340 g/mol. The lowest BCUT2D eigenvalue weighted by Crippen LogP contribution is -2.36. The van der Waals surface area contributed by atoms with E-state index in [1.807, 2.05) is 24.3 Å². The summed E-state index contributed by atoms with van der Waals surface area (Å²) in [5.74, 6) is 1.49. The summed E-state index contributed by atoms with van der Waals surface area (Å²) in [6.07, 6.45) is 1.81. The highest BCUT2D eigenvalue weighted by Crippen LogP contribution is 2.33. The SMILES string of the molecule is CC(C)CC(Br)CNC(=O)C1CCOc2ccccc21. The summed E-state index contributed by atoms with van der Waals surface area (Å²) in [4.78, 5) is 12.7. The Morgan fingerprint density at radius 3 is 2.95 bits per heavy atom. The van der Waals surface area contributed by atoms with Crippen molar-refractivity contribution in [2.75, 3.05) is 13.2 Å². The second-order valence-corrected chi connectivity index (χ2v) is 6.99. The molecular formula is C16H22BrNO2. The summed E-state index contributed by atoms with van der Waals surface area (Å²) in [6, 6.07) is 7.81. The molecule has 0 saturated carbocycles. The Hall–Kier alpha value is -1.03. The number of carbonyl (C=O) groups excluding carboxylic acids is 1. The molecule has 0 radical (unpaired) electrons. The first-order valence-corrected chi connectivity index (χ1v) is 8.13. The van der Waals surface area contributed by atoms with Crippen LogP contribution in [0.3, 0.4) is 0 Å². The van der Waals surface area contributed by atoms with Gasteiger partial charge in [0.1, 0.15) is 5.75 Å². The van der Waals surface area contributed by atoms with Crippen LogP contribution in [0.1, 0.15) is 38.2 Å². The lowest BCUT2D eigenvalue weighted by Gasteiger charge is -2.25. The molecule has 1 aliphatic rings. The number of ether oxygens (including phenoxy) is 1. The van der Waals surface area contributed by atoms with Crippen LogP contribution in [0.2, 0.25) is 0 Å². The van der Waals surface area contributed by atoms with Gasteiger partial charge in [0, 0.05) is 16.9 Å². The number of para-hydroxylation sites is 1. The molecule has 0 fully saturated rings. The van der Waals surface area contributed by atoms with E-state index < -0.39 is 0 Å². The molecule has 2 rings (SSSR count). The molecule has 0 aromatic heterocycles. The van der Waals surface area contributed by atoms with Gasteiger partial charge in [-0.3, -0.25) is 4.79 Å². The van der Waals surface area contributed by atoms with Crippen molar-refractivity contribution in [3.63, 3.8) is 0 Å². The van der Waals surface area contributed by atoms with Gasteiger partial charge in [-0.05, 0) is 24.8 Å². The van der Waals surface area contributed by atoms with E-state index >= 15 is 0 Å². The van der Waals surface area contributed by atoms with Crippen LogP contribution in [0.25, 0.3) is 0 Å². The van der Waals surface area contributed by atoms with Gasteiger partial charge in [0.15, 0.2) is 0 Å². The number of hydrogen-bond acceptors (Lipinski definition) is 2. The third-order valence-electron chi connectivity index (χ3n) is 3.50. The first kappa shape index (κ1) is 15.4. The minimum Gasteiger partial charge on any atom is -0.493 e. The first-order chi connectivity index (χ1) is 9.58. The molecule has 0 aliphatic carbocycles. The van der Waals surface area contributed by atoms with Crippen LogP contribution in [0.15, 0.2) is 24.3 Å². The fourth-order valence-electron chi connectivity index (χ4n) is 2.54. The molecule has 0 bridgehead atoms. The molecular weight excluding hydrogens is 318 g/mol. The second-order valence-electron chi connectivity index (χ2n) is 5.70. The number of amides is 1. The second kappa shape index (κ2) is 7.11. The van der Waals surface area contributed by atoms with Crippen molar-refractivity contribution < 1.29 is 9.53 Å². The van der Waals surface area contributed by atoms with Crippen LogP contribution >= 0.6 is 15.9 Å². The highest BCUT2D eigenvalue weighted by molar-refractivity contribution is 9.09. The van der Waals surface area contributed by atoms with E-state index in [0.717, 1.165) is 24.2 Å². The van der Waals surface area contributed by atoms with E-state index in [1.54, 1.807) is 0 Å². The van der Waals surface area contributed by atoms with Gasteiger partial charge in [0.05, 0.1) is 12.5 Å². The van der Waals surface area contributed by atoms with Crippen molar-refractivity contribution in [1.82, 2.24) is 5.32 Å². The maximum absolute atomic E-state index is 12.4. The van der Waals surface area contributed by atoms with Crippen LogP contribution in [-0.2, 0) is 4.79 Å². The number of carbonyl (C=O) groups is 1. The minimum absolute atomic E-state index is 0.0845. The fraction of sp³-hybridized carbons (Fsp3) is 0.562. The smallest absolute Gasteiger partial charge is 0.227 e. The van der Waals surface area contributed by atoms with Gasteiger partial charge in [-0.1, -0.05) is 48.0 Å².